The van der Waals surface area contributed by atoms with Gasteiger partial charge in [-0.1, -0.05) is 17.8 Å². The summed E-state index contributed by atoms with van der Waals surface area (Å²) in [5, 5.41) is 13.6. The Morgan fingerprint density at radius 2 is 1.86 bits per heavy atom. The van der Waals surface area contributed by atoms with Crippen molar-refractivity contribution in [2.75, 3.05) is 25.1 Å². The SMILES string of the molecule is CCOc1cc(/C=C2/C(=N)N3C(C)=CSC3=NC2=O)ccc1OCCOc1ccc(NC(C)=O)cc1. The Hall–Kier alpha value is -4.05. The summed E-state index contributed by atoms with van der Waals surface area (Å²) < 4.78 is 17.3. The summed E-state index contributed by atoms with van der Waals surface area (Å²) in [5.74, 6) is 1.26. The van der Waals surface area contributed by atoms with Gasteiger partial charge in [0.05, 0.1) is 12.2 Å². The molecule has 2 aromatic rings. The molecule has 2 amide bonds. The number of anilines is 1. The van der Waals surface area contributed by atoms with Crippen LogP contribution in [0, 0.1) is 5.41 Å². The molecule has 36 heavy (non-hydrogen) atoms. The molecule has 2 aliphatic rings. The van der Waals surface area contributed by atoms with Gasteiger partial charge in [-0.25, -0.2) is 0 Å². The number of hydrogen-bond donors (Lipinski definition) is 2. The van der Waals surface area contributed by atoms with E-state index in [-0.39, 0.29) is 23.9 Å². The summed E-state index contributed by atoms with van der Waals surface area (Å²) in [4.78, 5) is 29.4. The van der Waals surface area contributed by atoms with E-state index in [0.717, 1.165) is 5.70 Å². The van der Waals surface area contributed by atoms with Crippen LogP contribution in [-0.4, -0.2) is 47.5 Å². The molecular formula is C26H26N4O5S. The topological polar surface area (TPSA) is 113 Å². The fraction of sp³-hybridized carbons (Fsp3) is 0.231. The third kappa shape index (κ3) is 5.77. The molecule has 0 spiro atoms. The van der Waals surface area contributed by atoms with Crippen molar-refractivity contribution in [2.45, 2.75) is 20.8 Å². The van der Waals surface area contributed by atoms with Gasteiger partial charge in [0, 0.05) is 18.3 Å². The lowest BCUT2D eigenvalue weighted by molar-refractivity contribution is -0.115. The fourth-order valence-corrected chi connectivity index (χ4v) is 4.42. The molecule has 0 aromatic heterocycles. The average Bonchev–Trinajstić information content (AvgIpc) is 3.21. The maximum atomic E-state index is 12.5. The highest BCUT2D eigenvalue weighted by Gasteiger charge is 2.34. The molecule has 4 rings (SSSR count). The van der Waals surface area contributed by atoms with Gasteiger partial charge in [-0.3, -0.25) is 19.9 Å². The van der Waals surface area contributed by atoms with Crippen LogP contribution < -0.4 is 19.5 Å². The lowest BCUT2D eigenvalue weighted by Gasteiger charge is -2.25. The minimum atomic E-state index is -0.442. The number of amidine groups is 2. The normalized spacial score (nSPS) is 15.9. The molecular weight excluding hydrogens is 480 g/mol. The zero-order valence-electron chi connectivity index (χ0n) is 20.2. The molecule has 2 heterocycles. The molecule has 2 N–H and O–H groups in total. The van der Waals surface area contributed by atoms with Gasteiger partial charge in [-0.15, -0.1) is 0 Å². The van der Waals surface area contributed by atoms with E-state index in [1.54, 1.807) is 53.4 Å². The number of fused-ring (bicyclic) bond motifs is 1. The number of ether oxygens (including phenoxy) is 3. The monoisotopic (exact) mass is 506 g/mol. The van der Waals surface area contributed by atoms with Crippen molar-refractivity contribution < 1.29 is 23.8 Å². The number of hydrogen-bond acceptors (Lipinski definition) is 7. The van der Waals surface area contributed by atoms with Crippen molar-refractivity contribution in [3.63, 3.8) is 0 Å². The van der Waals surface area contributed by atoms with Crippen LogP contribution in [0.25, 0.3) is 6.08 Å². The molecule has 0 radical (unpaired) electrons. The van der Waals surface area contributed by atoms with E-state index in [1.807, 2.05) is 19.3 Å². The Morgan fingerprint density at radius 1 is 1.11 bits per heavy atom. The highest BCUT2D eigenvalue weighted by Crippen LogP contribution is 2.33. The predicted octanol–water partition coefficient (Wildman–Crippen LogP) is 4.67. The molecule has 10 heteroatoms. The standard InChI is InChI=1S/C26H26N4O5S/c1-4-33-23-14-18(13-21-24(27)30-16(2)15-36-26(30)29-25(21)32)5-10-22(23)35-12-11-34-20-8-6-19(7-9-20)28-17(3)31/h5-10,13-15,27H,4,11-12H2,1-3H3,(H,28,31)/b21-13-,27-24?. The number of rotatable bonds is 9. The molecule has 9 nitrogen and oxygen atoms in total. The van der Waals surface area contributed by atoms with Crippen LogP contribution in [0.5, 0.6) is 17.2 Å². The van der Waals surface area contributed by atoms with E-state index in [4.69, 9.17) is 19.6 Å². The molecule has 2 aromatic carbocycles. The summed E-state index contributed by atoms with van der Waals surface area (Å²) in [6, 6.07) is 12.4. The summed E-state index contributed by atoms with van der Waals surface area (Å²) in [6.45, 7) is 6.24. The second kappa shape index (κ2) is 11.1. The minimum absolute atomic E-state index is 0.101. The third-order valence-corrected chi connectivity index (χ3v) is 6.09. The van der Waals surface area contributed by atoms with Gasteiger partial charge in [-0.2, -0.15) is 4.99 Å². The van der Waals surface area contributed by atoms with Crippen molar-refractivity contribution in [1.29, 1.82) is 5.41 Å². The average molecular weight is 507 g/mol. The number of aliphatic imine (C=N–C) groups is 1. The quantitative estimate of drug-likeness (QED) is 0.375. The maximum absolute atomic E-state index is 12.5. The van der Waals surface area contributed by atoms with Crippen LogP contribution >= 0.6 is 11.8 Å². The van der Waals surface area contributed by atoms with Crippen LogP contribution in [0.3, 0.4) is 0 Å². The van der Waals surface area contributed by atoms with Gasteiger partial charge < -0.3 is 19.5 Å². The van der Waals surface area contributed by atoms with Crippen LogP contribution in [0.15, 0.2) is 64.1 Å². The zero-order valence-corrected chi connectivity index (χ0v) is 21.0. The second-order valence-electron chi connectivity index (χ2n) is 7.86. The van der Waals surface area contributed by atoms with Gasteiger partial charge in [-0.05, 0) is 67.3 Å². The predicted molar refractivity (Wildman–Crippen MR) is 141 cm³/mol. The van der Waals surface area contributed by atoms with Gasteiger partial charge in [0.1, 0.15) is 24.8 Å². The number of benzene rings is 2. The van der Waals surface area contributed by atoms with E-state index in [1.165, 1.54) is 18.7 Å². The molecule has 186 valence electrons. The largest absolute Gasteiger partial charge is 0.490 e. The van der Waals surface area contributed by atoms with E-state index in [2.05, 4.69) is 10.3 Å². The van der Waals surface area contributed by atoms with Gasteiger partial charge in [0.25, 0.3) is 5.91 Å². The Balaban J connectivity index is 1.40. The Labute approximate surface area is 213 Å². The number of amides is 2. The summed E-state index contributed by atoms with van der Waals surface area (Å²) in [5.41, 5.74) is 2.46. The molecule has 0 bridgehead atoms. The zero-order chi connectivity index (χ0) is 25.7. The molecule has 0 fully saturated rings. The van der Waals surface area contributed by atoms with Crippen molar-refractivity contribution in [3.8, 4) is 17.2 Å². The number of carbonyl (C=O) groups excluding carboxylic acids is 2. The van der Waals surface area contributed by atoms with Crippen LogP contribution in [0.2, 0.25) is 0 Å². The highest BCUT2D eigenvalue weighted by molar-refractivity contribution is 8.16. The number of nitrogens with one attached hydrogen (secondary N) is 2. The van der Waals surface area contributed by atoms with Crippen LogP contribution in [-0.2, 0) is 9.59 Å². The fourth-order valence-electron chi connectivity index (χ4n) is 3.56. The highest BCUT2D eigenvalue weighted by atomic mass is 32.2. The van der Waals surface area contributed by atoms with Gasteiger partial charge in [0.15, 0.2) is 16.7 Å². The number of allylic oxidation sites excluding steroid dienone is 1. The van der Waals surface area contributed by atoms with Gasteiger partial charge in [0.2, 0.25) is 5.91 Å². The number of nitrogens with zero attached hydrogens (tertiary/aromatic N) is 2. The lowest BCUT2D eigenvalue weighted by atomic mass is 10.1. The first-order valence-corrected chi connectivity index (χ1v) is 12.2. The summed E-state index contributed by atoms with van der Waals surface area (Å²) >= 11 is 1.33. The molecule has 0 unspecified atom stereocenters. The van der Waals surface area contributed by atoms with Crippen LogP contribution in [0.1, 0.15) is 26.3 Å². The molecule has 2 aliphatic heterocycles. The van der Waals surface area contributed by atoms with Crippen molar-refractivity contribution in [1.82, 2.24) is 4.90 Å². The van der Waals surface area contributed by atoms with Gasteiger partial charge >= 0.3 is 0 Å². The molecule has 0 saturated carbocycles. The smallest absolute Gasteiger partial charge is 0.283 e. The van der Waals surface area contributed by atoms with E-state index in [0.29, 0.717) is 46.9 Å². The Morgan fingerprint density at radius 3 is 2.58 bits per heavy atom. The molecule has 0 atom stereocenters. The number of thioether (sulfide) groups is 1. The van der Waals surface area contributed by atoms with E-state index in [9.17, 15) is 9.59 Å². The first-order chi connectivity index (χ1) is 17.4. The Bertz CT molecular complexity index is 1280. The lowest BCUT2D eigenvalue weighted by Crippen LogP contribution is -2.37. The first-order valence-electron chi connectivity index (χ1n) is 11.3. The van der Waals surface area contributed by atoms with Crippen molar-refractivity contribution in [3.05, 3.63) is 64.7 Å². The molecule has 0 aliphatic carbocycles. The molecule has 0 saturated heterocycles. The van der Waals surface area contributed by atoms with E-state index >= 15 is 0 Å². The summed E-state index contributed by atoms with van der Waals surface area (Å²) in [6.07, 6.45) is 1.64. The van der Waals surface area contributed by atoms with Crippen LogP contribution in [0.4, 0.5) is 5.69 Å². The van der Waals surface area contributed by atoms with E-state index < -0.39 is 5.91 Å². The summed E-state index contributed by atoms with van der Waals surface area (Å²) in [7, 11) is 0. The number of carbonyl (C=O) groups is 2. The van der Waals surface area contributed by atoms with Crippen molar-refractivity contribution in [2.24, 2.45) is 4.99 Å². The van der Waals surface area contributed by atoms with Crippen molar-refractivity contribution >= 4 is 46.3 Å². The first kappa shape index (κ1) is 25.1. The maximum Gasteiger partial charge on any atom is 0.283 e. The second-order valence-corrected chi connectivity index (χ2v) is 8.70. The minimum Gasteiger partial charge on any atom is -0.490 e. The third-order valence-electron chi connectivity index (χ3n) is 5.15. The Kier molecular flexibility index (Phi) is 7.74.